The first-order valence-electron chi connectivity index (χ1n) is 10.8. The Morgan fingerprint density at radius 1 is 1.00 bits per heavy atom. The molecule has 1 heterocycles. The van der Waals surface area contributed by atoms with Crippen molar-refractivity contribution in [1.82, 2.24) is 0 Å². The second-order valence-electron chi connectivity index (χ2n) is 8.01. The molecule has 1 aliphatic rings. The summed E-state index contributed by atoms with van der Waals surface area (Å²) in [5, 5.41) is 2.84. The lowest BCUT2D eigenvalue weighted by Crippen LogP contribution is -2.27. The molecular weight excluding hydrogens is 464 g/mol. The molecule has 1 N–H and O–H groups in total. The number of aryl methyl sites for hydroxylation is 3. The van der Waals surface area contributed by atoms with E-state index in [1.165, 1.54) is 17.3 Å². The van der Waals surface area contributed by atoms with Gasteiger partial charge in [0.2, 0.25) is 0 Å². The molecule has 0 aliphatic carbocycles. The zero-order valence-electron chi connectivity index (χ0n) is 19.1. The maximum absolute atomic E-state index is 13.0. The lowest BCUT2D eigenvalue weighted by Gasteiger charge is -2.15. The van der Waals surface area contributed by atoms with Gasteiger partial charge in [0.15, 0.2) is 10.9 Å². The largest absolute Gasteiger partial charge is 0.484 e. The van der Waals surface area contributed by atoms with Gasteiger partial charge in [-0.2, -0.15) is 0 Å². The molecule has 0 bridgehead atoms. The molecule has 3 aromatic rings. The highest BCUT2D eigenvalue weighted by molar-refractivity contribution is 8.27. The van der Waals surface area contributed by atoms with Crippen molar-refractivity contribution in [2.45, 2.75) is 20.8 Å². The fraction of sp³-hybridized carbons (Fsp3) is 0.148. The van der Waals surface area contributed by atoms with E-state index >= 15 is 0 Å². The van der Waals surface area contributed by atoms with Crippen LogP contribution in [0.4, 0.5) is 11.4 Å². The number of nitrogens with one attached hydrogen (secondary N) is 1. The van der Waals surface area contributed by atoms with Gasteiger partial charge < -0.3 is 10.1 Å². The fourth-order valence-electron chi connectivity index (χ4n) is 3.41. The minimum absolute atomic E-state index is 0.0949. The normalized spacial score (nSPS) is 14.6. The number of hydrogen-bond donors (Lipinski definition) is 1. The second-order valence-corrected chi connectivity index (χ2v) is 9.68. The summed E-state index contributed by atoms with van der Waals surface area (Å²) in [5.74, 6) is 0.208. The van der Waals surface area contributed by atoms with Crippen LogP contribution in [0.1, 0.15) is 22.3 Å². The quantitative estimate of drug-likeness (QED) is 0.339. The van der Waals surface area contributed by atoms with Gasteiger partial charge >= 0.3 is 0 Å². The van der Waals surface area contributed by atoms with Crippen LogP contribution in [-0.2, 0) is 9.59 Å². The van der Waals surface area contributed by atoms with E-state index in [9.17, 15) is 9.59 Å². The predicted molar refractivity (Wildman–Crippen MR) is 143 cm³/mol. The van der Waals surface area contributed by atoms with Crippen LogP contribution < -0.4 is 15.0 Å². The molecule has 5 nitrogen and oxygen atoms in total. The van der Waals surface area contributed by atoms with Gasteiger partial charge in [-0.3, -0.25) is 14.5 Å². The first kappa shape index (κ1) is 23.7. The summed E-state index contributed by atoms with van der Waals surface area (Å²) in [4.78, 5) is 27.3. The van der Waals surface area contributed by atoms with Crippen molar-refractivity contribution in [2.75, 3.05) is 16.8 Å². The Hall–Kier alpha value is -3.42. The van der Waals surface area contributed by atoms with Crippen molar-refractivity contribution in [3.63, 3.8) is 0 Å². The molecule has 1 saturated heterocycles. The predicted octanol–water partition coefficient (Wildman–Crippen LogP) is 6.04. The number of nitrogens with zero attached hydrogens (tertiary/aromatic N) is 1. The molecule has 7 heteroatoms. The van der Waals surface area contributed by atoms with Crippen molar-refractivity contribution in [1.29, 1.82) is 0 Å². The summed E-state index contributed by atoms with van der Waals surface area (Å²) in [6, 6.07) is 20.7. The topological polar surface area (TPSA) is 58.6 Å². The molecule has 0 aromatic heterocycles. The maximum atomic E-state index is 13.0. The standard InChI is InChI=1S/C27H24N2O3S2/c1-17-8-11-21(14-19(17)3)29-26(31)24(34-27(29)33)15-20-9-12-22(13-10-20)32-16-25(30)28-23-7-5-4-6-18(23)2/h4-15H,16H2,1-3H3,(H,28,30)/b24-15-. The third-order valence-electron chi connectivity index (χ3n) is 5.51. The van der Waals surface area contributed by atoms with Crippen LogP contribution in [0.3, 0.4) is 0 Å². The first-order chi connectivity index (χ1) is 16.3. The Bertz CT molecular complexity index is 1300. The van der Waals surface area contributed by atoms with Crippen molar-refractivity contribution in [3.8, 4) is 5.75 Å². The lowest BCUT2D eigenvalue weighted by atomic mass is 10.1. The van der Waals surface area contributed by atoms with Gasteiger partial charge in [-0.25, -0.2) is 0 Å². The molecule has 3 aromatic carbocycles. The smallest absolute Gasteiger partial charge is 0.270 e. The first-order valence-corrected chi connectivity index (χ1v) is 12.0. The van der Waals surface area contributed by atoms with E-state index in [2.05, 4.69) is 5.32 Å². The molecule has 0 atom stereocenters. The molecule has 0 radical (unpaired) electrons. The Kier molecular flexibility index (Phi) is 7.14. The zero-order chi connectivity index (χ0) is 24.2. The van der Waals surface area contributed by atoms with Crippen LogP contribution in [-0.4, -0.2) is 22.7 Å². The number of anilines is 2. The average Bonchev–Trinajstić information content (AvgIpc) is 3.09. The summed E-state index contributed by atoms with van der Waals surface area (Å²) >= 11 is 6.76. The molecule has 34 heavy (non-hydrogen) atoms. The molecule has 0 spiro atoms. The monoisotopic (exact) mass is 488 g/mol. The molecule has 2 amide bonds. The highest BCUT2D eigenvalue weighted by Crippen LogP contribution is 2.36. The number of benzene rings is 3. The van der Waals surface area contributed by atoms with E-state index in [1.54, 1.807) is 17.0 Å². The van der Waals surface area contributed by atoms with Crippen LogP contribution in [0, 0.1) is 20.8 Å². The van der Waals surface area contributed by atoms with E-state index in [4.69, 9.17) is 17.0 Å². The van der Waals surface area contributed by atoms with E-state index in [0.717, 1.165) is 28.1 Å². The van der Waals surface area contributed by atoms with Crippen LogP contribution in [0.2, 0.25) is 0 Å². The van der Waals surface area contributed by atoms with E-state index in [0.29, 0.717) is 15.0 Å². The minimum Gasteiger partial charge on any atom is -0.484 e. The number of amides is 2. The lowest BCUT2D eigenvalue weighted by molar-refractivity contribution is -0.118. The Labute approximate surface area is 208 Å². The van der Waals surface area contributed by atoms with Crippen molar-refractivity contribution >= 4 is 57.6 Å². The summed E-state index contributed by atoms with van der Waals surface area (Å²) in [5.41, 5.74) is 5.66. The number of hydrogen-bond acceptors (Lipinski definition) is 5. The molecule has 0 saturated carbocycles. The number of rotatable bonds is 6. The average molecular weight is 489 g/mol. The molecule has 1 fully saturated rings. The Morgan fingerprint density at radius 3 is 2.44 bits per heavy atom. The molecule has 1 aliphatic heterocycles. The van der Waals surface area contributed by atoms with Gasteiger partial charge in [-0.05, 0) is 79.4 Å². The van der Waals surface area contributed by atoms with Crippen LogP contribution in [0.25, 0.3) is 6.08 Å². The van der Waals surface area contributed by atoms with Crippen molar-refractivity contribution in [2.24, 2.45) is 0 Å². The van der Waals surface area contributed by atoms with Gasteiger partial charge in [0, 0.05) is 5.69 Å². The SMILES string of the molecule is Cc1ccc(N2C(=O)/C(=C/c3ccc(OCC(=O)Nc4ccccc4C)cc3)SC2=S)cc1C. The van der Waals surface area contributed by atoms with Crippen molar-refractivity contribution < 1.29 is 14.3 Å². The van der Waals surface area contributed by atoms with E-state index in [-0.39, 0.29) is 18.4 Å². The summed E-state index contributed by atoms with van der Waals surface area (Å²) in [6.45, 7) is 5.89. The van der Waals surface area contributed by atoms with Gasteiger partial charge in [0.1, 0.15) is 5.75 Å². The highest BCUT2D eigenvalue weighted by atomic mass is 32.2. The molecular formula is C27H24N2O3S2. The third-order valence-corrected chi connectivity index (χ3v) is 6.81. The van der Waals surface area contributed by atoms with Crippen LogP contribution in [0.15, 0.2) is 71.6 Å². The fourth-order valence-corrected chi connectivity index (χ4v) is 4.71. The highest BCUT2D eigenvalue weighted by Gasteiger charge is 2.33. The molecule has 4 rings (SSSR count). The van der Waals surface area contributed by atoms with Crippen LogP contribution in [0.5, 0.6) is 5.75 Å². The summed E-state index contributed by atoms with van der Waals surface area (Å²) in [7, 11) is 0. The Balaban J connectivity index is 1.39. The number of ether oxygens (including phenoxy) is 1. The zero-order valence-corrected chi connectivity index (χ0v) is 20.8. The number of thioether (sulfide) groups is 1. The number of para-hydroxylation sites is 1. The van der Waals surface area contributed by atoms with Crippen molar-refractivity contribution in [3.05, 3.63) is 93.9 Å². The van der Waals surface area contributed by atoms with Gasteiger partial charge in [0.05, 0.1) is 10.6 Å². The number of carbonyl (C=O) groups is 2. The third kappa shape index (κ3) is 5.38. The second kappa shape index (κ2) is 10.2. The van der Waals surface area contributed by atoms with E-state index < -0.39 is 0 Å². The van der Waals surface area contributed by atoms with Gasteiger partial charge in [0.25, 0.3) is 11.8 Å². The number of thiocarbonyl (C=S) groups is 1. The minimum atomic E-state index is -0.228. The Morgan fingerprint density at radius 2 is 1.74 bits per heavy atom. The summed E-state index contributed by atoms with van der Waals surface area (Å²) in [6.07, 6.45) is 1.81. The van der Waals surface area contributed by atoms with Crippen LogP contribution >= 0.6 is 24.0 Å². The number of carbonyl (C=O) groups excluding carboxylic acids is 2. The maximum Gasteiger partial charge on any atom is 0.270 e. The summed E-state index contributed by atoms with van der Waals surface area (Å²) < 4.78 is 6.12. The van der Waals surface area contributed by atoms with Gasteiger partial charge in [-0.1, -0.05) is 60.4 Å². The van der Waals surface area contributed by atoms with Gasteiger partial charge in [-0.15, -0.1) is 0 Å². The molecule has 172 valence electrons. The van der Waals surface area contributed by atoms with E-state index in [1.807, 2.05) is 81.4 Å². The molecule has 0 unspecified atom stereocenters.